The van der Waals surface area contributed by atoms with E-state index in [4.69, 9.17) is 10.6 Å². The van der Waals surface area contributed by atoms with E-state index in [9.17, 15) is 14.4 Å². The molecular formula is C31H39N3O4. The Hall–Kier alpha value is -3.71. The van der Waals surface area contributed by atoms with E-state index in [2.05, 4.69) is 5.32 Å². The fraction of sp³-hybridized carbons (Fsp3) is 0.387. The zero-order valence-electron chi connectivity index (χ0n) is 22.7. The molecule has 0 saturated heterocycles. The van der Waals surface area contributed by atoms with Gasteiger partial charge in [-0.1, -0.05) is 100 Å². The number of ether oxygens (including phenoxy) is 1. The molecule has 3 rings (SSSR count). The molecule has 7 heteroatoms. The van der Waals surface area contributed by atoms with E-state index in [0.29, 0.717) is 12.8 Å². The Morgan fingerprint density at radius 2 is 1.55 bits per heavy atom. The molecule has 0 aliphatic rings. The fourth-order valence-corrected chi connectivity index (χ4v) is 4.41. The first-order chi connectivity index (χ1) is 18.2. The number of rotatable bonds is 12. The minimum atomic E-state index is -0.904. The van der Waals surface area contributed by atoms with E-state index in [1.165, 1.54) is 0 Å². The maximum Gasteiger partial charge on any atom is 0.329 e. The van der Waals surface area contributed by atoms with E-state index >= 15 is 0 Å². The second-order valence-electron chi connectivity index (χ2n) is 10.4. The summed E-state index contributed by atoms with van der Waals surface area (Å²) in [6.07, 6.45) is 1.04. The summed E-state index contributed by atoms with van der Waals surface area (Å²) in [6, 6.07) is 21.6. The molecule has 0 aliphatic carbocycles. The molecule has 2 amide bonds. The third-order valence-electron chi connectivity index (χ3n) is 6.55. The number of hydrazine groups is 1. The van der Waals surface area contributed by atoms with Crippen LogP contribution < -0.4 is 11.2 Å². The highest BCUT2D eigenvalue weighted by Crippen LogP contribution is 2.20. The highest BCUT2D eigenvalue weighted by molar-refractivity contribution is 5.91. The van der Waals surface area contributed by atoms with Crippen molar-refractivity contribution in [2.75, 3.05) is 0 Å². The molecule has 0 bridgehead atoms. The molecule has 0 unspecified atom stereocenters. The highest BCUT2D eigenvalue weighted by Gasteiger charge is 2.33. The summed E-state index contributed by atoms with van der Waals surface area (Å²) in [5.41, 5.74) is 1.91. The lowest BCUT2D eigenvalue weighted by molar-refractivity contribution is -0.151. The maximum atomic E-state index is 13.4. The number of esters is 1. The van der Waals surface area contributed by atoms with Crippen LogP contribution >= 0.6 is 0 Å². The molecule has 0 aliphatic heterocycles. The summed E-state index contributed by atoms with van der Waals surface area (Å²) in [4.78, 5) is 39.4. The maximum absolute atomic E-state index is 13.4. The largest absolute Gasteiger partial charge is 0.459 e. The second-order valence-corrected chi connectivity index (χ2v) is 10.4. The van der Waals surface area contributed by atoms with Crippen LogP contribution in [-0.2, 0) is 32.1 Å². The number of nitrogens with zero attached hydrogens (tertiary/aromatic N) is 1. The van der Waals surface area contributed by atoms with E-state index in [0.717, 1.165) is 26.9 Å². The van der Waals surface area contributed by atoms with Crippen molar-refractivity contribution >= 4 is 28.6 Å². The number of carbonyl (C=O) groups is 3. The first kappa shape index (κ1) is 28.9. The van der Waals surface area contributed by atoms with E-state index in [1.54, 1.807) is 0 Å². The summed E-state index contributed by atoms with van der Waals surface area (Å²) in [7, 11) is 0. The summed E-state index contributed by atoms with van der Waals surface area (Å²) < 4.78 is 5.48. The molecule has 0 spiro atoms. The van der Waals surface area contributed by atoms with Crippen LogP contribution in [0.2, 0.25) is 0 Å². The first-order valence-electron chi connectivity index (χ1n) is 13.2. The lowest BCUT2D eigenvalue weighted by Crippen LogP contribution is -2.57. The molecule has 3 aromatic carbocycles. The van der Waals surface area contributed by atoms with Gasteiger partial charge in [-0.25, -0.2) is 10.6 Å². The van der Waals surface area contributed by atoms with Crippen molar-refractivity contribution in [3.8, 4) is 0 Å². The lowest BCUT2D eigenvalue weighted by Gasteiger charge is -2.30. The number of amides is 2. The molecule has 38 heavy (non-hydrogen) atoms. The van der Waals surface area contributed by atoms with Crippen LogP contribution in [0.15, 0.2) is 72.8 Å². The number of benzene rings is 3. The van der Waals surface area contributed by atoms with Gasteiger partial charge in [-0.2, -0.15) is 0 Å². The highest BCUT2D eigenvalue weighted by atomic mass is 16.5. The lowest BCUT2D eigenvalue weighted by atomic mass is 9.98. The van der Waals surface area contributed by atoms with E-state index in [1.807, 2.05) is 100 Å². The Morgan fingerprint density at radius 3 is 2.24 bits per heavy atom. The molecule has 202 valence electrons. The zero-order chi connectivity index (χ0) is 27.7. The Balaban J connectivity index is 1.66. The SMILES string of the molecule is CC(C)C[C@@H](C(=O)N[C@H](C(=O)OCc1ccccc1)C(C)C)N(N)C(=O)CCc1cccc2ccccc12. The van der Waals surface area contributed by atoms with Crippen molar-refractivity contribution in [3.05, 3.63) is 83.9 Å². The standard InChI is InChI=1S/C31H39N3O4/c1-21(2)19-27(30(36)33-29(22(3)4)31(37)38-20-23-11-6-5-7-12-23)34(32)28(35)18-17-25-15-10-14-24-13-8-9-16-26(24)25/h5-16,21-22,27,29H,17-20,32H2,1-4H3,(H,33,36)/t27-,29-/m0/s1. The number of carbonyl (C=O) groups excluding carboxylic acids is 3. The van der Waals surface area contributed by atoms with Crippen molar-refractivity contribution < 1.29 is 19.1 Å². The van der Waals surface area contributed by atoms with Gasteiger partial charge in [-0.15, -0.1) is 0 Å². The average molecular weight is 518 g/mol. The topological polar surface area (TPSA) is 102 Å². The third kappa shape index (κ3) is 7.89. The van der Waals surface area contributed by atoms with Crippen LogP contribution in [0.3, 0.4) is 0 Å². The van der Waals surface area contributed by atoms with Crippen LogP contribution in [0.1, 0.15) is 51.7 Å². The minimum absolute atomic E-state index is 0.102. The Morgan fingerprint density at radius 1 is 0.895 bits per heavy atom. The number of nitrogens with two attached hydrogens (primary N) is 1. The summed E-state index contributed by atoms with van der Waals surface area (Å²) in [5, 5.41) is 6.04. The molecule has 0 aromatic heterocycles. The number of aryl methyl sites for hydroxylation is 1. The van der Waals surface area contributed by atoms with Crippen LogP contribution in [0, 0.1) is 11.8 Å². The van der Waals surface area contributed by atoms with Gasteiger partial charge in [-0.3, -0.25) is 14.6 Å². The Bertz CT molecular complexity index is 1220. The third-order valence-corrected chi connectivity index (χ3v) is 6.55. The van der Waals surface area contributed by atoms with E-state index in [-0.39, 0.29) is 30.8 Å². The van der Waals surface area contributed by atoms with Crippen LogP contribution in [-0.4, -0.2) is 34.9 Å². The number of fused-ring (bicyclic) bond motifs is 1. The molecule has 3 N–H and O–H groups in total. The van der Waals surface area contributed by atoms with E-state index < -0.39 is 24.0 Å². The second kappa shape index (κ2) is 13.7. The molecule has 0 heterocycles. The van der Waals surface area contributed by atoms with Gasteiger partial charge < -0.3 is 10.1 Å². The smallest absolute Gasteiger partial charge is 0.329 e. The van der Waals surface area contributed by atoms with Crippen molar-refractivity contribution in [2.45, 2.75) is 65.6 Å². The summed E-state index contributed by atoms with van der Waals surface area (Å²) in [5.74, 6) is 4.83. The van der Waals surface area contributed by atoms with Gasteiger partial charge in [-0.05, 0) is 46.6 Å². The van der Waals surface area contributed by atoms with Crippen molar-refractivity contribution in [3.63, 3.8) is 0 Å². The van der Waals surface area contributed by atoms with Gasteiger partial charge in [0, 0.05) is 6.42 Å². The molecule has 2 atom stereocenters. The Kier molecular flexibility index (Phi) is 10.4. The minimum Gasteiger partial charge on any atom is -0.459 e. The van der Waals surface area contributed by atoms with Crippen molar-refractivity contribution in [1.29, 1.82) is 0 Å². The number of hydrogen-bond acceptors (Lipinski definition) is 5. The molecule has 0 radical (unpaired) electrons. The van der Waals surface area contributed by atoms with Gasteiger partial charge in [0.15, 0.2) is 0 Å². The molecular weight excluding hydrogens is 478 g/mol. The first-order valence-corrected chi connectivity index (χ1v) is 13.2. The molecule has 7 nitrogen and oxygen atoms in total. The fourth-order valence-electron chi connectivity index (χ4n) is 4.41. The molecule has 0 saturated carbocycles. The zero-order valence-corrected chi connectivity index (χ0v) is 22.7. The van der Waals surface area contributed by atoms with Crippen molar-refractivity contribution in [1.82, 2.24) is 10.3 Å². The van der Waals surface area contributed by atoms with Crippen molar-refractivity contribution in [2.24, 2.45) is 17.7 Å². The van der Waals surface area contributed by atoms with Crippen LogP contribution in [0.25, 0.3) is 10.8 Å². The monoisotopic (exact) mass is 517 g/mol. The molecule has 0 fully saturated rings. The number of nitrogens with one attached hydrogen (secondary N) is 1. The van der Waals surface area contributed by atoms with Gasteiger partial charge in [0.1, 0.15) is 18.7 Å². The van der Waals surface area contributed by atoms with Gasteiger partial charge in [0.2, 0.25) is 11.8 Å². The van der Waals surface area contributed by atoms with Crippen LogP contribution in [0.4, 0.5) is 0 Å². The summed E-state index contributed by atoms with van der Waals surface area (Å²) in [6.45, 7) is 7.71. The van der Waals surface area contributed by atoms with Gasteiger partial charge >= 0.3 is 5.97 Å². The quantitative estimate of drug-likeness (QED) is 0.156. The molecule has 3 aromatic rings. The Labute approximate surface area is 225 Å². The van der Waals surface area contributed by atoms with Gasteiger partial charge in [0.25, 0.3) is 0 Å². The average Bonchev–Trinajstić information content (AvgIpc) is 2.91. The van der Waals surface area contributed by atoms with Gasteiger partial charge in [0.05, 0.1) is 0 Å². The predicted octanol–water partition coefficient (Wildman–Crippen LogP) is 4.77. The summed E-state index contributed by atoms with van der Waals surface area (Å²) >= 11 is 0. The number of hydrogen-bond donors (Lipinski definition) is 2. The van der Waals surface area contributed by atoms with Crippen LogP contribution in [0.5, 0.6) is 0 Å². The predicted molar refractivity (Wildman–Crippen MR) is 150 cm³/mol. The normalized spacial score (nSPS) is 12.8.